The van der Waals surface area contributed by atoms with E-state index in [1.54, 1.807) is 4.90 Å². The fraction of sp³-hybridized carbons (Fsp3) is 0.476. The lowest BCUT2D eigenvalue weighted by atomic mass is 9.97. The van der Waals surface area contributed by atoms with Crippen LogP contribution in [-0.2, 0) is 11.2 Å². The number of hydrogen-bond acceptors (Lipinski definition) is 4. The van der Waals surface area contributed by atoms with E-state index in [0.717, 1.165) is 35.6 Å². The van der Waals surface area contributed by atoms with Gasteiger partial charge in [0.15, 0.2) is 0 Å². The third-order valence-corrected chi connectivity index (χ3v) is 5.37. The second kappa shape index (κ2) is 8.34. The van der Waals surface area contributed by atoms with Gasteiger partial charge in [0.05, 0.1) is 18.3 Å². The second-order valence-corrected chi connectivity index (χ2v) is 8.39. The van der Waals surface area contributed by atoms with Gasteiger partial charge in [-0.3, -0.25) is 4.79 Å². The summed E-state index contributed by atoms with van der Waals surface area (Å²) < 4.78 is 0. The normalized spacial score (nSPS) is 17.0. The van der Waals surface area contributed by atoms with Crippen LogP contribution in [0.25, 0.3) is 11.4 Å². The van der Waals surface area contributed by atoms with Crippen molar-refractivity contribution in [2.75, 3.05) is 13.1 Å². The Labute approximate surface area is 170 Å². The second-order valence-electron chi connectivity index (χ2n) is 7.96. The maximum atomic E-state index is 12.5. The number of benzene rings is 1. The molecule has 1 aromatic heterocycles. The Kier molecular flexibility index (Phi) is 6.07. The first-order chi connectivity index (χ1) is 13.3. The van der Waals surface area contributed by atoms with Crippen LogP contribution in [0.3, 0.4) is 0 Å². The highest BCUT2D eigenvalue weighted by Crippen LogP contribution is 2.23. The Morgan fingerprint density at radius 3 is 3.00 bits per heavy atom. The first kappa shape index (κ1) is 20.4. The highest BCUT2D eigenvalue weighted by Gasteiger charge is 2.30. The van der Waals surface area contributed by atoms with Crippen molar-refractivity contribution in [1.29, 1.82) is 5.26 Å². The number of hydrogen-bond donors (Lipinski definition) is 2. The monoisotopic (exact) mass is 399 g/mol. The van der Waals surface area contributed by atoms with E-state index >= 15 is 0 Å². The first-order valence-electron chi connectivity index (χ1n) is 9.54. The molecular weight excluding hydrogens is 374 g/mol. The molecule has 0 aliphatic carbocycles. The van der Waals surface area contributed by atoms with Crippen LogP contribution in [0.5, 0.6) is 0 Å². The molecule has 1 aliphatic heterocycles. The van der Waals surface area contributed by atoms with E-state index in [2.05, 4.69) is 30.2 Å². The molecule has 0 bridgehead atoms. The summed E-state index contributed by atoms with van der Waals surface area (Å²) in [5, 5.41) is 13.2. The molecule has 1 aliphatic rings. The molecule has 1 saturated heterocycles. The Balaban J connectivity index is 1.64. The zero-order chi connectivity index (χ0) is 20.3. The molecular formula is C21H26ClN5O. The standard InChI is InChI=1S/C21H26ClN5O/c1-14-18(26-20(25-14)15-6-4-7-16(22)10-15)11-21(2,3)24-13-19(28)27-9-5-8-17(27)12-23/h4,6-7,10,17,24H,5,8-9,11,13H2,1-3H3,(H,25,26)/t17-/m0/s1. The molecule has 0 spiro atoms. The van der Waals surface area contributed by atoms with Crippen molar-refractivity contribution in [1.82, 2.24) is 20.2 Å². The van der Waals surface area contributed by atoms with E-state index in [4.69, 9.17) is 21.8 Å². The summed E-state index contributed by atoms with van der Waals surface area (Å²) in [5.41, 5.74) is 2.58. The molecule has 1 atom stereocenters. The molecule has 0 unspecified atom stereocenters. The number of aryl methyl sites for hydroxylation is 1. The number of nitriles is 1. The van der Waals surface area contributed by atoms with Crippen molar-refractivity contribution in [3.8, 4) is 17.5 Å². The molecule has 2 heterocycles. The zero-order valence-corrected chi connectivity index (χ0v) is 17.3. The number of halogens is 1. The first-order valence-corrected chi connectivity index (χ1v) is 9.92. The number of nitrogens with zero attached hydrogens (tertiary/aromatic N) is 3. The number of amides is 1. The van der Waals surface area contributed by atoms with Crippen LogP contribution < -0.4 is 5.32 Å². The third-order valence-electron chi connectivity index (χ3n) is 5.13. The molecule has 2 aromatic rings. The van der Waals surface area contributed by atoms with Gasteiger partial charge in [0.1, 0.15) is 11.9 Å². The van der Waals surface area contributed by atoms with Crippen molar-refractivity contribution in [3.63, 3.8) is 0 Å². The van der Waals surface area contributed by atoms with E-state index < -0.39 is 0 Å². The number of aromatic nitrogens is 2. The molecule has 1 aromatic carbocycles. The van der Waals surface area contributed by atoms with E-state index in [1.807, 2.05) is 31.2 Å². The largest absolute Gasteiger partial charge is 0.342 e. The zero-order valence-electron chi connectivity index (χ0n) is 16.6. The van der Waals surface area contributed by atoms with Crippen LogP contribution in [-0.4, -0.2) is 45.4 Å². The summed E-state index contributed by atoms with van der Waals surface area (Å²) in [7, 11) is 0. The predicted octanol–water partition coefficient (Wildman–Crippen LogP) is 3.46. The minimum Gasteiger partial charge on any atom is -0.342 e. The Bertz CT molecular complexity index is 898. The molecule has 1 fully saturated rings. The van der Waals surface area contributed by atoms with Crippen LogP contribution in [0, 0.1) is 18.3 Å². The van der Waals surface area contributed by atoms with Crippen molar-refractivity contribution >= 4 is 17.5 Å². The topological polar surface area (TPSA) is 84.8 Å². The van der Waals surface area contributed by atoms with E-state index in [0.29, 0.717) is 18.0 Å². The van der Waals surface area contributed by atoms with Crippen LogP contribution >= 0.6 is 11.6 Å². The lowest BCUT2D eigenvalue weighted by Crippen LogP contribution is -2.48. The Hall–Kier alpha value is -2.36. The van der Waals surface area contributed by atoms with Crippen molar-refractivity contribution in [2.24, 2.45) is 0 Å². The summed E-state index contributed by atoms with van der Waals surface area (Å²) in [6, 6.07) is 9.52. The van der Waals surface area contributed by atoms with Crippen molar-refractivity contribution in [3.05, 3.63) is 40.7 Å². The summed E-state index contributed by atoms with van der Waals surface area (Å²) in [6.45, 7) is 6.99. The molecule has 7 heteroatoms. The molecule has 3 rings (SSSR count). The summed E-state index contributed by atoms with van der Waals surface area (Å²) in [4.78, 5) is 22.2. The highest BCUT2D eigenvalue weighted by molar-refractivity contribution is 6.30. The summed E-state index contributed by atoms with van der Waals surface area (Å²) in [5.74, 6) is 0.770. The van der Waals surface area contributed by atoms with Gasteiger partial charge in [-0.25, -0.2) is 4.98 Å². The lowest BCUT2D eigenvalue weighted by Gasteiger charge is -2.28. The average molecular weight is 400 g/mol. The molecule has 148 valence electrons. The minimum atomic E-state index is -0.316. The number of likely N-dealkylation sites (tertiary alicyclic amines) is 1. The maximum absolute atomic E-state index is 12.5. The van der Waals surface area contributed by atoms with E-state index in [9.17, 15) is 4.79 Å². The SMILES string of the molecule is Cc1[nH]c(-c2cccc(Cl)c2)nc1CC(C)(C)NCC(=O)N1CCC[C@H]1C#N. The van der Waals surface area contributed by atoms with E-state index in [1.165, 1.54) is 0 Å². The smallest absolute Gasteiger partial charge is 0.237 e. The number of rotatable bonds is 6. The molecule has 6 nitrogen and oxygen atoms in total. The molecule has 0 saturated carbocycles. The predicted molar refractivity (Wildman–Crippen MR) is 110 cm³/mol. The van der Waals surface area contributed by atoms with Gasteiger partial charge in [0.2, 0.25) is 5.91 Å². The van der Waals surface area contributed by atoms with Gasteiger partial charge in [-0.2, -0.15) is 5.26 Å². The number of imidazole rings is 1. The molecule has 28 heavy (non-hydrogen) atoms. The molecule has 2 N–H and O–H groups in total. The van der Waals surface area contributed by atoms with E-state index in [-0.39, 0.29) is 24.0 Å². The average Bonchev–Trinajstić information content (AvgIpc) is 3.26. The van der Waals surface area contributed by atoms with Gasteiger partial charge < -0.3 is 15.2 Å². The quantitative estimate of drug-likeness (QED) is 0.778. The fourth-order valence-electron chi connectivity index (χ4n) is 3.54. The van der Waals surface area contributed by atoms with Crippen LogP contribution in [0.2, 0.25) is 5.02 Å². The number of H-pyrrole nitrogens is 1. The molecule has 1 amide bonds. The van der Waals surface area contributed by atoms with Gasteiger partial charge in [0, 0.05) is 34.8 Å². The summed E-state index contributed by atoms with van der Waals surface area (Å²) >= 11 is 6.09. The number of carbonyl (C=O) groups is 1. The van der Waals surface area contributed by atoms with Crippen molar-refractivity contribution in [2.45, 2.75) is 51.6 Å². The van der Waals surface area contributed by atoms with Crippen LogP contribution in [0.15, 0.2) is 24.3 Å². The number of aromatic amines is 1. The van der Waals surface area contributed by atoms with Gasteiger partial charge in [0.25, 0.3) is 0 Å². The van der Waals surface area contributed by atoms with Gasteiger partial charge in [-0.1, -0.05) is 23.7 Å². The van der Waals surface area contributed by atoms with Crippen LogP contribution in [0.4, 0.5) is 0 Å². The third kappa shape index (κ3) is 4.73. The van der Waals surface area contributed by atoms with Crippen LogP contribution in [0.1, 0.15) is 38.1 Å². The summed E-state index contributed by atoms with van der Waals surface area (Å²) in [6.07, 6.45) is 2.33. The van der Waals surface area contributed by atoms with Gasteiger partial charge in [-0.15, -0.1) is 0 Å². The minimum absolute atomic E-state index is 0.0181. The Morgan fingerprint density at radius 2 is 2.29 bits per heavy atom. The van der Waals surface area contributed by atoms with Crippen molar-refractivity contribution < 1.29 is 4.79 Å². The number of carbonyl (C=O) groups excluding carboxylic acids is 1. The maximum Gasteiger partial charge on any atom is 0.237 e. The van der Waals surface area contributed by atoms with Gasteiger partial charge in [-0.05, 0) is 45.7 Å². The fourth-order valence-corrected chi connectivity index (χ4v) is 3.73. The molecule has 0 radical (unpaired) electrons. The number of nitrogens with one attached hydrogen (secondary N) is 2. The lowest BCUT2D eigenvalue weighted by molar-refractivity contribution is -0.130. The van der Waals surface area contributed by atoms with Gasteiger partial charge >= 0.3 is 0 Å². The highest BCUT2D eigenvalue weighted by atomic mass is 35.5. The Morgan fingerprint density at radius 1 is 1.50 bits per heavy atom.